The molecule has 0 saturated heterocycles. The van der Waals surface area contributed by atoms with E-state index in [4.69, 9.17) is 17.3 Å². The van der Waals surface area contributed by atoms with E-state index in [-0.39, 0.29) is 0 Å². The number of halogens is 1. The zero-order valence-electron chi connectivity index (χ0n) is 10.9. The third-order valence-electron chi connectivity index (χ3n) is 3.00. The topological polar surface area (TPSA) is 43.1 Å². The second-order valence-corrected chi connectivity index (χ2v) is 6.46. The summed E-state index contributed by atoms with van der Waals surface area (Å²) >= 11 is 6.16. The van der Waals surface area contributed by atoms with E-state index >= 15 is 0 Å². The van der Waals surface area contributed by atoms with Gasteiger partial charge in [-0.25, -0.2) is 0 Å². The van der Waals surface area contributed by atoms with Crippen LogP contribution in [0.25, 0.3) is 0 Å². The summed E-state index contributed by atoms with van der Waals surface area (Å²) in [6, 6.07) is 11.3. The lowest BCUT2D eigenvalue weighted by molar-refractivity contribution is 0.682. The Morgan fingerprint density at radius 2 is 1.89 bits per heavy atom. The van der Waals surface area contributed by atoms with Gasteiger partial charge in [0.25, 0.3) is 0 Å². The third-order valence-corrected chi connectivity index (χ3v) is 4.70. The van der Waals surface area contributed by atoms with Crippen molar-refractivity contribution in [3.63, 3.8) is 0 Å². The van der Waals surface area contributed by atoms with Gasteiger partial charge < -0.3 is 5.73 Å². The molecular weight excluding hydrogens is 278 g/mol. The van der Waals surface area contributed by atoms with Crippen LogP contribution in [0, 0.1) is 13.8 Å². The number of aryl methyl sites for hydroxylation is 2. The molecule has 0 saturated carbocycles. The van der Waals surface area contributed by atoms with E-state index in [1.165, 1.54) is 0 Å². The SMILES string of the molecule is Cc1ccc(CS(=O)c2ccc(N)c(C)c2)c(Cl)c1. The van der Waals surface area contributed by atoms with Crippen molar-refractivity contribution in [2.45, 2.75) is 24.5 Å². The van der Waals surface area contributed by atoms with Crippen LogP contribution in [0.5, 0.6) is 0 Å². The van der Waals surface area contributed by atoms with Gasteiger partial charge in [0.2, 0.25) is 0 Å². The predicted octanol–water partition coefficient (Wildman–Crippen LogP) is 3.85. The first-order valence-corrected chi connectivity index (χ1v) is 7.66. The van der Waals surface area contributed by atoms with Gasteiger partial charge in [0.05, 0.1) is 16.6 Å². The highest BCUT2D eigenvalue weighted by Crippen LogP contribution is 2.22. The lowest BCUT2D eigenvalue weighted by Crippen LogP contribution is -1.99. The number of nitrogens with two attached hydrogens (primary N) is 1. The first-order chi connectivity index (χ1) is 8.97. The molecule has 0 heterocycles. The molecule has 2 N–H and O–H groups in total. The van der Waals surface area contributed by atoms with Crippen LogP contribution in [-0.4, -0.2) is 4.21 Å². The molecule has 2 nitrogen and oxygen atoms in total. The summed E-state index contributed by atoms with van der Waals surface area (Å²) in [5, 5.41) is 0.667. The zero-order chi connectivity index (χ0) is 14.0. The van der Waals surface area contributed by atoms with Gasteiger partial charge >= 0.3 is 0 Å². The Morgan fingerprint density at radius 1 is 1.16 bits per heavy atom. The zero-order valence-corrected chi connectivity index (χ0v) is 12.5. The maximum atomic E-state index is 12.3. The van der Waals surface area contributed by atoms with Crippen molar-refractivity contribution in [3.8, 4) is 0 Å². The Labute approximate surface area is 121 Å². The summed E-state index contributed by atoms with van der Waals surface area (Å²) in [7, 11) is -1.11. The largest absolute Gasteiger partial charge is 0.399 e. The van der Waals surface area contributed by atoms with Gasteiger partial charge in [0.15, 0.2) is 0 Å². The lowest BCUT2D eigenvalue weighted by atomic mass is 10.2. The van der Waals surface area contributed by atoms with Gasteiger partial charge in [-0.1, -0.05) is 23.7 Å². The van der Waals surface area contributed by atoms with Crippen LogP contribution in [0.15, 0.2) is 41.3 Å². The van der Waals surface area contributed by atoms with Crippen molar-refractivity contribution in [2.24, 2.45) is 0 Å². The lowest BCUT2D eigenvalue weighted by Gasteiger charge is -2.07. The van der Waals surface area contributed by atoms with Crippen molar-refractivity contribution in [1.29, 1.82) is 0 Å². The fourth-order valence-electron chi connectivity index (χ4n) is 1.78. The van der Waals surface area contributed by atoms with Crippen LogP contribution in [0.4, 0.5) is 5.69 Å². The molecule has 0 spiro atoms. The molecule has 2 aromatic rings. The van der Waals surface area contributed by atoms with Crippen LogP contribution in [0.2, 0.25) is 5.02 Å². The first-order valence-electron chi connectivity index (χ1n) is 5.97. The van der Waals surface area contributed by atoms with Crippen LogP contribution in [0.1, 0.15) is 16.7 Å². The first kappa shape index (κ1) is 14.1. The average Bonchev–Trinajstić information content (AvgIpc) is 2.36. The normalized spacial score (nSPS) is 12.4. The fraction of sp³-hybridized carbons (Fsp3) is 0.200. The smallest absolute Gasteiger partial charge is 0.0574 e. The third kappa shape index (κ3) is 3.37. The summed E-state index contributed by atoms with van der Waals surface area (Å²) in [6.07, 6.45) is 0. The van der Waals surface area contributed by atoms with E-state index in [9.17, 15) is 4.21 Å². The molecule has 100 valence electrons. The van der Waals surface area contributed by atoms with Gasteiger partial charge in [-0.15, -0.1) is 0 Å². The molecule has 0 radical (unpaired) electrons. The minimum atomic E-state index is -1.11. The minimum Gasteiger partial charge on any atom is -0.399 e. The van der Waals surface area contributed by atoms with Crippen LogP contribution in [0.3, 0.4) is 0 Å². The van der Waals surface area contributed by atoms with E-state index in [2.05, 4.69) is 0 Å². The van der Waals surface area contributed by atoms with Gasteiger partial charge in [-0.05, 0) is 54.8 Å². The van der Waals surface area contributed by atoms with Gasteiger partial charge in [-0.3, -0.25) is 4.21 Å². The number of anilines is 1. The number of hydrogen-bond donors (Lipinski definition) is 1. The Morgan fingerprint density at radius 3 is 2.53 bits per heavy atom. The summed E-state index contributed by atoms with van der Waals surface area (Å²) < 4.78 is 12.3. The highest BCUT2D eigenvalue weighted by atomic mass is 35.5. The Balaban J connectivity index is 2.23. The van der Waals surface area contributed by atoms with Gasteiger partial charge in [0.1, 0.15) is 0 Å². The van der Waals surface area contributed by atoms with E-state index in [0.717, 1.165) is 21.6 Å². The molecule has 0 aliphatic carbocycles. The molecular formula is C15H16ClNOS. The van der Waals surface area contributed by atoms with E-state index in [0.29, 0.717) is 16.5 Å². The van der Waals surface area contributed by atoms with Gasteiger partial charge in [-0.2, -0.15) is 0 Å². The number of hydrogen-bond acceptors (Lipinski definition) is 2. The molecule has 2 rings (SSSR count). The van der Waals surface area contributed by atoms with Crippen molar-refractivity contribution in [1.82, 2.24) is 0 Å². The van der Waals surface area contributed by atoms with Crippen molar-refractivity contribution in [2.75, 3.05) is 5.73 Å². The average molecular weight is 294 g/mol. The summed E-state index contributed by atoms with van der Waals surface area (Å²) in [4.78, 5) is 0.781. The second kappa shape index (κ2) is 5.76. The molecule has 2 aromatic carbocycles. The highest BCUT2D eigenvalue weighted by Gasteiger charge is 2.09. The number of rotatable bonds is 3. The maximum Gasteiger partial charge on any atom is 0.0574 e. The van der Waals surface area contributed by atoms with Crippen LogP contribution >= 0.6 is 11.6 Å². The van der Waals surface area contributed by atoms with Crippen LogP contribution in [-0.2, 0) is 16.6 Å². The molecule has 1 unspecified atom stereocenters. The van der Waals surface area contributed by atoms with Crippen molar-refractivity contribution >= 4 is 28.1 Å². The molecule has 0 fully saturated rings. The van der Waals surface area contributed by atoms with E-state index < -0.39 is 10.8 Å². The molecule has 0 bridgehead atoms. The highest BCUT2D eigenvalue weighted by molar-refractivity contribution is 7.84. The van der Waals surface area contributed by atoms with Gasteiger partial charge in [0, 0.05) is 15.6 Å². The molecule has 0 aromatic heterocycles. The molecule has 0 aliphatic heterocycles. The minimum absolute atomic E-state index is 0.419. The summed E-state index contributed by atoms with van der Waals surface area (Å²) in [5.41, 5.74) is 9.43. The molecule has 0 aliphatic rings. The molecule has 0 amide bonds. The maximum absolute atomic E-state index is 12.3. The number of nitrogen functional groups attached to an aromatic ring is 1. The second-order valence-electron chi connectivity index (χ2n) is 4.60. The molecule has 1 atom stereocenters. The van der Waals surface area contributed by atoms with E-state index in [1.54, 1.807) is 12.1 Å². The van der Waals surface area contributed by atoms with Crippen LogP contribution < -0.4 is 5.73 Å². The number of benzene rings is 2. The van der Waals surface area contributed by atoms with Crippen molar-refractivity contribution in [3.05, 3.63) is 58.1 Å². The van der Waals surface area contributed by atoms with Crippen molar-refractivity contribution < 1.29 is 4.21 Å². The standard InChI is InChI=1S/C15H16ClNOS/c1-10-3-4-12(14(16)7-10)9-19(18)13-5-6-15(17)11(2)8-13/h3-8H,9,17H2,1-2H3. The fourth-order valence-corrected chi connectivity index (χ4v) is 3.39. The Bertz CT molecular complexity index is 640. The van der Waals surface area contributed by atoms with E-state index in [1.807, 2.05) is 38.1 Å². The Hall–Kier alpha value is -1.32. The predicted molar refractivity (Wildman–Crippen MR) is 81.9 cm³/mol. The summed E-state index contributed by atoms with van der Waals surface area (Å²) in [5.74, 6) is 0.419. The Kier molecular flexibility index (Phi) is 4.27. The monoisotopic (exact) mass is 293 g/mol. The quantitative estimate of drug-likeness (QED) is 0.874. The molecule has 19 heavy (non-hydrogen) atoms. The summed E-state index contributed by atoms with van der Waals surface area (Å²) in [6.45, 7) is 3.89. The molecule has 4 heteroatoms.